The number of hydrogen-bond acceptors (Lipinski definition) is 3. The monoisotopic (exact) mass is 229 g/mol. The topological polar surface area (TPSA) is 53.1 Å². The Balaban J connectivity index is 2.13. The summed E-state index contributed by atoms with van der Waals surface area (Å²) >= 11 is 6.24. The fourth-order valence-electron chi connectivity index (χ4n) is 1.89. The van der Waals surface area contributed by atoms with Gasteiger partial charge in [-0.05, 0) is 25.8 Å². The SMILES string of the molecule is NCCc1cnn(C2CCOCC2)c1Cl. The summed E-state index contributed by atoms with van der Waals surface area (Å²) in [5, 5.41) is 5.07. The van der Waals surface area contributed by atoms with Gasteiger partial charge in [0.1, 0.15) is 5.15 Å². The zero-order valence-electron chi connectivity index (χ0n) is 8.66. The maximum absolute atomic E-state index is 6.24. The molecule has 84 valence electrons. The van der Waals surface area contributed by atoms with Crippen molar-refractivity contribution >= 4 is 11.6 Å². The molecular weight excluding hydrogens is 214 g/mol. The van der Waals surface area contributed by atoms with Gasteiger partial charge >= 0.3 is 0 Å². The van der Waals surface area contributed by atoms with Crippen LogP contribution in [0.15, 0.2) is 6.20 Å². The van der Waals surface area contributed by atoms with Crippen LogP contribution in [0.1, 0.15) is 24.4 Å². The molecule has 1 aliphatic rings. The Morgan fingerprint density at radius 1 is 1.53 bits per heavy atom. The zero-order valence-corrected chi connectivity index (χ0v) is 9.41. The van der Waals surface area contributed by atoms with E-state index in [0.717, 1.165) is 43.2 Å². The van der Waals surface area contributed by atoms with Gasteiger partial charge in [-0.3, -0.25) is 4.68 Å². The maximum atomic E-state index is 6.24. The Morgan fingerprint density at radius 3 is 2.93 bits per heavy atom. The van der Waals surface area contributed by atoms with Gasteiger partial charge in [0.2, 0.25) is 0 Å². The van der Waals surface area contributed by atoms with Gasteiger partial charge in [0.05, 0.1) is 12.2 Å². The first kappa shape index (κ1) is 10.9. The molecule has 5 heteroatoms. The summed E-state index contributed by atoms with van der Waals surface area (Å²) in [7, 11) is 0. The van der Waals surface area contributed by atoms with Gasteiger partial charge in [-0.2, -0.15) is 5.10 Å². The normalized spacial score (nSPS) is 18.3. The second-order valence-corrected chi connectivity index (χ2v) is 4.15. The van der Waals surface area contributed by atoms with E-state index in [9.17, 15) is 0 Å². The quantitative estimate of drug-likeness (QED) is 0.852. The predicted molar refractivity (Wildman–Crippen MR) is 59.1 cm³/mol. The van der Waals surface area contributed by atoms with Gasteiger partial charge in [-0.15, -0.1) is 0 Å². The Labute approximate surface area is 94.3 Å². The average molecular weight is 230 g/mol. The van der Waals surface area contributed by atoms with Gasteiger partial charge in [-0.1, -0.05) is 11.6 Å². The number of aromatic nitrogens is 2. The van der Waals surface area contributed by atoms with Crippen LogP contribution < -0.4 is 5.73 Å². The molecule has 2 heterocycles. The summed E-state index contributed by atoms with van der Waals surface area (Å²) in [6, 6.07) is 0.387. The minimum Gasteiger partial charge on any atom is -0.381 e. The third-order valence-electron chi connectivity index (χ3n) is 2.75. The highest BCUT2D eigenvalue weighted by Gasteiger charge is 2.19. The molecule has 4 nitrogen and oxygen atoms in total. The largest absolute Gasteiger partial charge is 0.381 e. The molecule has 1 aromatic heterocycles. The van der Waals surface area contributed by atoms with Crippen molar-refractivity contribution in [3.8, 4) is 0 Å². The Morgan fingerprint density at radius 2 is 2.27 bits per heavy atom. The second-order valence-electron chi connectivity index (χ2n) is 3.79. The Kier molecular flexibility index (Phi) is 3.61. The lowest BCUT2D eigenvalue weighted by Crippen LogP contribution is -2.20. The van der Waals surface area contributed by atoms with Gasteiger partial charge in [0, 0.05) is 18.8 Å². The van der Waals surface area contributed by atoms with Crippen LogP contribution in [0.3, 0.4) is 0 Å². The van der Waals surface area contributed by atoms with Gasteiger partial charge in [0.15, 0.2) is 0 Å². The van der Waals surface area contributed by atoms with Gasteiger partial charge in [-0.25, -0.2) is 0 Å². The van der Waals surface area contributed by atoms with Crippen LogP contribution in [0.5, 0.6) is 0 Å². The average Bonchev–Trinajstić information content (AvgIpc) is 2.63. The van der Waals surface area contributed by atoms with E-state index in [-0.39, 0.29) is 0 Å². The van der Waals surface area contributed by atoms with E-state index in [2.05, 4.69) is 5.10 Å². The van der Waals surface area contributed by atoms with Crippen molar-refractivity contribution in [2.75, 3.05) is 19.8 Å². The summed E-state index contributed by atoms with van der Waals surface area (Å²) in [5.41, 5.74) is 6.55. The highest BCUT2D eigenvalue weighted by atomic mass is 35.5. The van der Waals surface area contributed by atoms with Crippen LogP contribution in [-0.2, 0) is 11.2 Å². The van der Waals surface area contributed by atoms with Crippen LogP contribution >= 0.6 is 11.6 Å². The summed E-state index contributed by atoms with van der Waals surface area (Å²) in [4.78, 5) is 0. The maximum Gasteiger partial charge on any atom is 0.130 e. The third-order valence-corrected chi connectivity index (χ3v) is 3.17. The molecule has 0 bridgehead atoms. The first-order valence-electron chi connectivity index (χ1n) is 5.32. The molecule has 0 radical (unpaired) electrons. The predicted octanol–water partition coefficient (Wildman–Crippen LogP) is 1.39. The summed E-state index contributed by atoms with van der Waals surface area (Å²) < 4.78 is 7.22. The van der Waals surface area contributed by atoms with E-state index < -0.39 is 0 Å². The molecule has 0 spiro atoms. The number of rotatable bonds is 3. The van der Waals surface area contributed by atoms with Crippen molar-refractivity contribution in [3.63, 3.8) is 0 Å². The molecule has 0 aromatic carbocycles. The van der Waals surface area contributed by atoms with Crippen molar-refractivity contribution in [2.24, 2.45) is 5.73 Å². The number of hydrogen-bond donors (Lipinski definition) is 1. The van der Waals surface area contributed by atoms with E-state index in [1.54, 1.807) is 0 Å². The zero-order chi connectivity index (χ0) is 10.7. The Hall–Kier alpha value is -0.580. The van der Waals surface area contributed by atoms with E-state index in [1.165, 1.54) is 0 Å². The lowest BCUT2D eigenvalue weighted by molar-refractivity contribution is 0.0663. The molecule has 15 heavy (non-hydrogen) atoms. The highest BCUT2D eigenvalue weighted by molar-refractivity contribution is 6.30. The van der Waals surface area contributed by atoms with Crippen molar-refractivity contribution in [1.29, 1.82) is 0 Å². The molecule has 1 saturated heterocycles. The Bertz CT molecular complexity index is 320. The first-order chi connectivity index (χ1) is 7.33. The molecule has 2 N–H and O–H groups in total. The van der Waals surface area contributed by atoms with E-state index in [1.807, 2.05) is 10.9 Å². The molecule has 0 saturated carbocycles. The fourth-order valence-corrected chi connectivity index (χ4v) is 2.22. The smallest absolute Gasteiger partial charge is 0.130 e. The molecule has 0 unspecified atom stereocenters. The van der Waals surface area contributed by atoms with Crippen LogP contribution in [-0.4, -0.2) is 29.5 Å². The molecule has 0 amide bonds. The minimum atomic E-state index is 0.387. The van der Waals surface area contributed by atoms with Crippen molar-refractivity contribution in [2.45, 2.75) is 25.3 Å². The molecular formula is C10H16ClN3O. The summed E-state index contributed by atoms with van der Waals surface area (Å²) in [6.07, 6.45) is 4.60. The van der Waals surface area contributed by atoms with E-state index in [0.29, 0.717) is 12.6 Å². The number of nitrogens with zero attached hydrogens (tertiary/aromatic N) is 2. The molecule has 1 aliphatic heterocycles. The number of ether oxygens (including phenoxy) is 1. The molecule has 2 rings (SSSR count). The molecule has 0 atom stereocenters. The van der Waals surface area contributed by atoms with E-state index >= 15 is 0 Å². The van der Waals surface area contributed by atoms with Crippen molar-refractivity contribution < 1.29 is 4.74 Å². The van der Waals surface area contributed by atoms with Gasteiger partial charge in [0.25, 0.3) is 0 Å². The molecule has 0 aliphatic carbocycles. The standard InChI is InChI=1S/C10H16ClN3O/c11-10-8(1-4-12)7-13-14(10)9-2-5-15-6-3-9/h7,9H,1-6,12H2. The lowest BCUT2D eigenvalue weighted by Gasteiger charge is -2.23. The minimum absolute atomic E-state index is 0.387. The van der Waals surface area contributed by atoms with Crippen LogP contribution in [0.25, 0.3) is 0 Å². The summed E-state index contributed by atoms with van der Waals surface area (Å²) in [6.45, 7) is 2.21. The lowest BCUT2D eigenvalue weighted by atomic mass is 10.1. The highest BCUT2D eigenvalue weighted by Crippen LogP contribution is 2.26. The third kappa shape index (κ3) is 2.33. The van der Waals surface area contributed by atoms with Crippen molar-refractivity contribution in [3.05, 3.63) is 16.9 Å². The van der Waals surface area contributed by atoms with Crippen molar-refractivity contribution in [1.82, 2.24) is 9.78 Å². The molecule has 1 aromatic rings. The van der Waals surface area contributed by atoms with E-state index in [4.69, 9.17) is 22.1 Å². The first-order valence-corrected chi connectivity index (χ1v) is 5.70. The van der Waals surface area contributed by atoms with Crippen LogP contribution in [0, 0.1) is 0 Å². The van der Waals surface area contributed by atoms with Gasteiger partial charge < -0.3 is 10.5 Å². The number of nitrogens with two attached hydrogens (primary N) is 1. The fraction of sp³-hybridized carbons (Fsp3) is 0.700. The van der Waals surface area contributed by atoms with Crippen LogP contribution in [0.2, 0.25) is 5.15 Å². The van der Waals surface area contributed by atoms with Crippen LogP contribution in [0.4, 0.5) is 0 Å². The number of halogens is 1. The second kappa shape index (κ2) is 4.96. The molecule has 1 fully saturated rings. The summed E-state index contributed by atoms with van der Waals surface area (Å²) in [5.74, 6) is 0.